The van der Waals surface area contributed by atoms with Gasteiger partial charge in [0.25, 0.3) is 0 Å². The molecule has 1 fully saturated rings. The second-order valence-corrected chi connectivity index (χ2v) is 6.86. The highest BCUT2D eigenvalue weighted by Gasteiger charge is 2.24. The van der Waals surface area contributed by atoms with Crippen molar-refractivity contribution in [3.8, 4) is 11.3 Å². The van der Waals surface area contributed by atoms with E-state index in [9.17, 15) is 4.79 Å². The summed E-state index contributed by atoms with van der Waals surface area (Å²) in [6.07, 6.45) is 7.21. The Morgan fingerprint density at radius 3 is 3.00 bits per heavy atom. The van der Waals surface area contributed by atoms with Crippen LogP contribution in [-0.2, 0) is 0 Å². The number of carbonyl (C=O) groups excluding carboxylic acids is 1. The summed E-state index contributed by atoms with van der Waals surface area (Å²) in [6.45, 7) is 2.00. The van der Waals surface area contributed by atoms with Crippen LogP contribution in [0.15, 0.2) is 36.8 Å². The number of hydrogen-bond donors (Lipinski definition) is 2. The van der Waals surface area contributed by atoms with E-state index in [0.29, 0.717) is 6.04 Å². The molecule has 1 amide bonds. The van der Waals surface area contributed by atoms with Gasteiger partial charge in [0, 0.05) is 28.9 Å². The first-order chi connectivity index (χ1) is 11.7. The van der Waals surface area contributed by atoms with Crippen LogP contribution in [0.1, 0.15) is 17.7 Å². The highest BCUT2D eigenvalue weighted by atomic mass is 32.1. The van der Waals surface area contributed by atoms with Crippen LogP contribution in [0.4, 0.5) is 15.7 Å². The minimum absolute atomic E-state index is 0.191. The molecule has 0 saturated heterocycles. The maximum Gasteiger partial charge on any atom is 0.342 e. The number of amides is 1. The van der Waals surface area contributed by atoms with Gasteiger partial charge in [-0.1, -0.05) is 6.07 Å². The third-order valence-corrected chi connectivity index (χ3v) is 4.55. The lowest BCUT2D eigenvalue weighted by molar-refractivity contribution is 0.239. The summed E-state index contributed by atoms with van der Waals surface area (Å²) >= 11 is 1.54. The lowest BCUT2D eigenvalue weighted by Crippen LogP contribution is -2.30. The summed E-state index contributed by atoms with van der Waals surface area (Å²) in [7, 11) is 0. The van der Waals surface area contributed by atoms with Gasteiger partial charge in [-0.15, -0.1) is 11.3 Å². The fourth-order valence-corrected chi connectivity index (χ4v) is 3.13. The number of thiazole rings is 1. The lowest BCUT2D eigenvalue weighted by Gasteiger charge is -2.01. The van der Waals surface area contributed by atoms with E-state index in [1.165, 1.54) is 4.68 Å². The van der Waals surface area contributed by atoms with Gasteiger partial charge in [0.05, 0.1) is 11.9 Å². The molecule has 122 valence electrons. The molecule has 3 heterocycles. The predicted molar refractivity (Wildman–Crippen MR) is 92.5 cm³/mol. The summed E-state index contributed by atoms with van der Waals surface area (Å²) in [5, 5.41) is 11.0. The lowest BCUT2D eigenvalue weighted by atomic mass is 10.2. The SMILES string of the molecule is Cc1sc(Nc2ccccn2)nc1-c1cnn(C(=O)NC2CC2)c1. The normalized spacial score (nSPS) is 13.7. The second-order valence-electron chi connectivity index (χ2n) is 5.66. The molecule has 0 aliphatic heterocycles. The summed E-state index contributed by atoms with van der Waals surface area (Å²) in [6, 6.07) is 5.78. The molecule has 0 radical (unpaired) electrons. The van der Waals surface area contributed by atoms with Crippen molar-refractivity contribution < 1.29 is 4.79 Å². The molecule has 0 aromatic carbocycles. The molecule has 0 unspecified atom stereocenters. The van der Waals surface area contributed by atoms with Crippen LogP contribution in [0.5, 0.6) is 0 Å². The molecule has 1 aliphatic carbocycles. The van der Waals surface area contributed by atoms with E-state index in [4.69, 9.17) is 0 Å². The molecule has 2 N–H and O–H groups in total. The number of hydrogen-bond acceptors (Lipinski definition) is 6. The number of rotatable bonds is 4. The molecular weight excluding hydrogens is 324 g/mol. The van der Waals surface area contributed by atoms with Crippen molar-refractivity contribution in [2.75, 3.05) is 5.32 Å². The highest BCUT2D eigenvalue weighted by molar-refractivity contribution is 7.16. The van der Waals surface area contributed by atoms with Crippen molar-refractivity contribution in [2.24, 2.45) is 0 Å². The zero-order valence-electron chi connectivity index (χ0n) is 13.1. The predicted octanol–water partition coefficient (Wildman–Crippen LogP) is 3.17. The Balaban J connectivity index is 1.53. The number of nitrogens with one attached hydrogen (secondary N) is 2. The van der Waals surface area contributed by atoms with Gasteiger partial charge in [-0.25, -0.2) is 14.8 Å². The van der Waals surface area contributed by atoms with Crippen molar-refractivity contribution in [2.45, 2.75) is 25.8 Å². The van der Waals surface area contributed by atoms with Gasteiger partial charge < -0.3 is 10.6 Å². The Morgan fingerprint density at radius 2 is 2.25 bits per heavy atom. The number of carbonyl (C=O) groups is 1. The van der Waals surface area contributed by atoms with E-state index in [2.05, 4.69) is 25.7 Å². The van der Waals surface area contributed by atoms with Gasteiger partial charge in [0.2, 0.25) is 0 Å². The van der Waals surface area contributed by atoms with Crippen LogP contribution < -0.4 is 10.6 Å². The molecule has 4 rings (SSSR count). The van der Waals surface area contributed by atoms with Crippen LogP contribution in [-0.4, -0.2) is 31.8 Å². The second kappa shape index (κ2) is 6.04. The average Bonchev–Trinajstić information content (AvgIpc) is 3.12. The van der Waals surface area contributed by atoms with Gasteiger partial charge in [-0.2, -0.15) is 9.78 Å². The largest absolute Gasteiger partial charge is 0.342 e. The minimum atomic E-state index is -0.191. The Labute approximate surface area is 142 Å². The van der Waals surface area contributed by atoms with Crippen molar-refractivity contribution >= 4 is 28.3 Å². The molecule has 1 aliphatic rings. The fourth-order valence-electron chi connectivity index (χ4n) is 2.29. The third-order valence-electron chi connectivity index (χ3n) is 3.67. The molecule has 0 spiro atoms. The average molecular weight is 340 g/mol. The first-order valence-corrected chi connectivity index (χ1v) is 8.52. The van der Waals surface area contributed by atoms with Crippen molar-refractivity contribution in [1.82, 2.24) is 25.1 Å². The maximum absolute atomic E-state index is 12.0. The Morgan fingerprint density at radius 1 is 1.38 bits per heavy atom. The zero-order chi connectivity index (χ0) is 16.5. The van der Waals surface area contributed by atoms with Crippen molar-refractivity contribution in [1.29, 1.82) is 0 Å². The Kier molecular flexibility index (Phi) is 3.73. The van der Waals surface area contributed by atoms with Crippen LogP contribution in [0.25, 0.3) is 11.3 Å². The van der Waals surface area contributed by atoms with E-state index in [-0.39, 0.29) is 6.03 Å². The fraction of sp³-hybridized carbons (Fsp3) is 0.250. The van der Waals surface area contributed by atoms with E-state index >= 15 is 0 Å². The molecule has 3 aromatic heterocycles. The highest BCUT2D eigenvalue weighted by Crippen LogP contribution is 2.31. The van der Waals surface area contributed by atoms with Crippen molar-refractivity contribution in [3.63, 3.8) is 0 Å². The number of aryl methyl sites for hydroxylation is 1. The number of pyridine rings is 1. The van der Waals surface area contributed by atoms with Gasteiger partial charge >= 0.3 is 6.03 Å². The third kappa shape index (κ3) is 3.13. The molecule has 0 atom stereocenters. The van der Waals surface area contributed by atoms with Crippen LogP contribution >= 0.6 is 11.3 Å². The number of nitrogens with zero attached hydrogens (tertiary/aromatic N) is 4. The molecule has 3 aromatic rings. The number of anilines is 2. The monoisotopic (exact) mass is 340 g/mol. The van der Waals surface area contributed by atoms with E-state index in [1.807, 2.05) is 25.1 Å². The summed E-state index contributed by atoms with van der Waals surface area (Å²) in [4.78, 5) is 21.9. The molecule has 8 heteroatoms. The van der Waals surface area contributed by atoms with Gasteiger partial charge in [0.15, 0.2) is 5.13 Å². The van der Waals surface area contributed by atoms with E-state index in [0.717, 1.165) is 39.9 Å². The van der Waals surface area contributed by atoms with Gasteiger partial charge in [-0.3, -0.25) is 0 Å². The molecule has 1 saturated carbocycles. The minimum Gasteiger partial charge on any atom is -0.333 e. The number of aromatic nitrogens is 4. The first-order valence-electron chi connectivity index (χ1n) is 7.70. The Bertz CT molecular complexity index is 868. The molecule has 0 bridgehead atoms. The smallest absolute Gasteiger partial charge is 0.333 e. The van der Waals surface area contributed by atoms with Crippen molar-refractivity contribution in [3.05, 3.63) is 41.7 Å². The zero-order valence-corrected chi connectivity index (χ0v) is 13.9. The molecule has 24 heavy (non-hydrogen) atoms. The first kappa shape index (κ1) is 14.8. The summed E-state index contributed by atoms with van der Waals surface area (Å²) < 4.78 is 1.33. The van der Waals surface area contributed by atoms with Gasteiger partial charge in [-0.05, 0) is 31.9 Å². The van der Waals surface area contributed by atoms with Crippen LogP contribution in [0.3, 0.4) is 0 Å². The van der Waals surface area contributed by atoms with Crippen LogP contribution in [0.2, 0.25) is 0 Å². The van der Waals surface area contributed by atoms with Gasteiger partial charge in [0.1, 0.15) is 5.82 Å². The standard InChI is InChI=1S/C16H16N6OS/c1-10-14(21-15(24-10)20-13-4-2-3-7-17-13)11-8-18-22(9-11)16(23)19-12-5-6-12/h2-4,7-9,12H,5-6H2,1H3,(H,19,23)(H,17,20,21). The molecular formula is C16H16N6OS. The summed E-state index contributed by atoms with van der Waals surface area (Å²) in [5.41, 5.74) is 1.65. The maximum atomic E-state index is 12.0. The van der Waals surface area contributed by atoms with Crippen LogP contribution in [0, 0.1) is 6.92 Å². The molecule has 7 nitrogen and oxygen atoms in total. The topological polar surface area (TPSA) is 84.7 Å². The Hall–Kier alpha value is -2.74. The van der Waals surface area contributed by atoms with E-state index < -0.39 is 0 Å². The quantitative estimate of drug-likeness (QED) is 0.762. The van der Waals surface area contributed by atoms with E-state index in [1.54, 1.807) is 29.9 Å². The summed E-state index contributed by atoms with van der Waals surface area (Å²) in [5.74, 6) is 0.748.